The summed E-state index contributed by atoms with van der Waals surface area (Å²) in [5.41, 5.74) is -0.0607. The Hall–Kier alpha value is -1.41. The van der Waals surface area contributed by atoms with Crippen LogP contribution in [0, 0.1) is 0 Å². The molecular weight excluding hydrogens is 234 g/mol. The van der Waals surface area contributed by atoms with Crippen LogP contribution in [0.3, 0.4) is 0 Å². The number of hydrogen-bond donors (Lipinski definition) is 1. The lowest BCUT2D eigenvalue weighted by molar-refractivity contribution is 0.0596. The number of rotatable bonds is 3. The Kier molecular flexibility index (Phi) is 2.68. The fraction of sp³-hybridized carbons (Fsp3) is 0.500. The zero-order valence-electron chi connectivity index (χ0n) is 8.63. The van der Waals surface area contributed by atoms with Crippen LogP contribution in [0.15, 0.2) is 11.2 Å². The van der Waals surface area contributed by atoms with Crippen molar-refractivity contribution in [2.75, 3.05) is 20.2 Å². The largest absolute Gasteiger partial charge is 0.465 e. The van der Waals surface area contributed by atoms with Crippen molar-refractivity contribution in [3.05, 3.63) is 11.8 Å². The van der Waals surface area contributed by atoms with Gasteiger partial charge < -0.3 is 4.74 Å². The number of hydrogen-bond acceptors (Lipinski definition) is 5. The van der Waals surface area contributed by atoms with Gasteiger partial charge in [-0.3, -0.25) is 5.10 Å². The van der Waals surface area contributed by atoms with Gasteiger partial charge in [0.2, 0.25) is 0 Å². The first-order valence-corrected chi connectivity index (χ1v) is 6.13. The normalized spacial score (nSPS) is 16.8. The number of ether oxygens (including phenoxy) is 1. The Morgan fingerprint density at radius 2 is 2.25 bits per heavy atom. The van der Waals surface area contributed by atoms with Gasteiger partial charge in [-0.15, -0.1) is 0 Å². The third-order valence-corrected chi connectivity index (χ3v) is 4.29. The fourth-order valence-electron chi connectivity index (χ4n) is 1.38. The van der Waals surface area contributed by atoms with Gasteiger partial charge in [0.1, 0.15) is 5.56 Å². The molecule has 8 heteroatoms. The highest BCUT2D eigenvalue weighted by molar-refractivity contribution is 7.89. The van der Waals surface area contributed by atoms with Crippen LogP contribution in [0.4, 0.5) is 0 Å². The quantitative estimate of drug-likeness (QED) is 0.731. The van der Waals surface area contributed by atoms with Crippen LogP contribution in [0.25, 0.3) is 0 Å². The van der Waals surface area contributed by atoms with Gasteiger partial charge in [0.05, 0.1) is 13.3 Å². The molecule has 0 unspecified atom stereocenters. The molecule has 0 aliphatic carbocycles. The van der Waals surface area contributed by atoms with E-state index in [1.54, 1.807) is 0 Å². The molecule has 16 heavy (non-hydrogen) atoms. The number of nitrogens with zero attached hydrogens (tertiary/aromatic N) is 2. The van der Waals surface area contributed by atoms with Crippen molar-refractivity contribution in [1.29, 1.82) is 0 Å². The number of carbonyl (C=O) groups is 1. The lowest BCUT2D eigenvalue weighted by Gasteiger charge is -2.29. The standard InChI is InChI=1S/C8H11N3O4S/c1-15-8(12)6-5-9-10-7(6)16(13,14)11-3-2-4-11/h5H,2-4H2,1H3,(H,9,10). The summed E-state index contributed by atoms with van der Waals surface area (Å²) in [4.78, 5) is 11.3. The number of esters is 1. The number of aromatic amines is 1. The average molecular weight is 245 g/mol. The molecule has 0 amide bonds. The number of H-pyrrole nitrogens is 1. The molecular formula is C8H11N3O4S. The summed E-state index contributed by atoms with van der Waals surface area (Å²) in [7, 11) is -2.44. The number of methoxy groups -OCH3 is 1. The topological polar surface area (TPSA) is 92.4 Å². The summed E-state index contributed by atoms with van der Waals surface area (Å²) in [6.07, 6.45) is 1.99. The minimum Gasteiger partial charge on any atom is -0.465 e. The van der Waals surface area contributed by atoms with Gasteiger partial charge in [0, 0.05) is 13.1 Å². The Balaban J connectivity index is 2.40. The molecule has 1 aliphatic heterocycles. The maximum Gasteiger partial charge on any atom is 0.342 e. The van der Waals surface area contributed by atoms with Gasteiger partial charge in [-0.25, -0.2) is 13.2 Å². The maximum atomic E-state index is 12.0. The molecule has 0 atom stereocenters. The molecule has 0 spiro atoms. The molecule has 1 aromatic heterocycles. The predicted molar refractivity (Wildman–Crippen MR) is 53.3 cm³/mol. The number of sulfonamides is 1. The molecule has 0 radical (unpaired) electrons. The number of aromatic nitrogens is 2. The summed E-state index contributed by atoms with van der Waals surface area (Å²) in [5, 5.41) is 5.70. The van der Waals surface area contributed by atoms with E-state index < -0.39 is 16.0 Å². The zero-order chi connectivity index (χ0) is 11.8. The highest BCUT2D eigenvalue weighted by atomic mass is 32.2. The number of nitrogens with one attached hydrogen (secondary N) is 1. The molecule has 2 rings (SSSR count). The molecule has 2 heterocycles. The fourth-order valence-corrected chi connectivity index (χ4v) is 2.96. The highest BCUT2D eigenvalue weighted by Crippen LogP contribution is 2.22. The third-order valence-electron chi connectivity index (χ3n) is 2.42. The van der Waals surface area contributed by atoms with Crippen LogP contribution in [0.1, 0.15) is 16.8 Å². The van der Waals surface area contributed by atoms with Crippen LogP contribution < -0.4 is 0 Å². The van der Waals surface area contributed by atoms with Crippen molar-refractivity contribution >= 4 is 16.0 Å². The van der Waals surface area contributed by atoms with E-state index >= 15 is 0 Å². The van der Waals surface area contributed by atoms with Crippen molar-refractivity contribution < 1.29 is 17.9 Å². The van der Waals surface area contributed by atoms with Crippen molar-refractivity contribution in [2.45, 2.75) is 11.4 Å². The molecule has 1 fully saturated rings. The highest BCUT2D eigenvalue weighted by Gasteiger charge is 2.34. The van der Waals surface area contributed by atoms with Crippen molar-refractivity contribution in [1.82, 2.24) is 14.5 Å². The predicted octanol–water partition coefficient (Wildman–Crippen LogP) is -0.409. The summed E-state index contributed by atoms with van der Waals surface area (Å²) in [5.74, 6) is -0.715. The molecule has 88 valence electrons. The average Bonchev–Trinajstić information content (AvgIpc) is 2.61. The number of carbonyl (C=O) groups excluding carboxylic acids is 1. The van der Waals surface area contributed by atoms with E-state index in [2.05, 4.69) is 14.9 Å². The van der Waals surface area contributed by atoms with Crippen LogP contribution in [0.2, 0.25) is 0 Å². The second kappa shape index (κ2) is 3.87. The third kappa shape index (κ3) is 1.59. The maximum absolute atomic E-state index is 12.0. The molecule has 1 N–H and O–H groups in total. The van der Waals surface area contributed by atoms with Crippen LogP contribution in [0.5, 0.6) is 0 Å². The first-order valence-electron chi connectivity index (χ1n) is 4.69. The molecule has 1 saturated heterocycles. The second-order valence-electron chi connectivity index (χ2n) is 3.36. The first-order chi connectivity index (χ1) is 7.57. The monoisotopic (exact) mass is 245 g/mol. The summed E-state index contributed by atoms with van der Waals surface area (Å²) < 4.78 is 29.7. The Bertz CT molecular complexity index is 503. The van der Waals surface area contributed by atoms with Crippen LogP contribution in [-0.2, 0) is 14.8 Å². The van der Waals surface area contributed by atoms with E-state index in [1.807, 2.05) is 0 Å². The lowest BCUT2D eigenvalue weighted by Crippen LogP contribution is -2.42. The van der Waals surface area contributed by atoms with Gasteiger partial charge in [-0.2, -0.15) is 9.40 Å². The van der Waals surface area contributed by atoms with E-state index in [4.69, 9.17) is 0 Å². The first kappa shape index (κ1) is 11.1. The van der Waals surface area contributed by atoms with Gasteiger partial charge in [-0.05, 0) is 6.42 Å². The van der Waals surface area contributed by atoms with E-state index in [1.165, 1.54) is 11.4 Å². The molecule has 1 aromatic rings. The van der Waals surface area contributed by atoms with Gasteiger partial charge in [0.25, 0.3) is 10.0 Å². The van der Waals surface area contributed by atoms with Crippen LogP contribution in [-0.4, -0.2) is 49.1 Å². The SMILES string of the molecule is COC(=O)c1cn[nH]c1S(=O)(=O)N1CCC1. The van der Waals surface area contributed by atoms with Crippen molar-refractivity contribution in [3.63, 3.8) is 0 Å². The van der Waals surface area contributed by atoms with Gasteiger partial charge in [-0.1, -0.05) is 0 Å². The zero-order valence-corrected chi connectivity index (χ0v) is 9.45. The Morgan fingerprint density at radius 3 is 2.75 bits per heavy atom. The minimum absolute atomic E-state index is 0.0607. The van der Waals surface area contributed by atoms with Gasteiger partial charge in [0.15, 0.2) is 5.03 Å². The van der Waals surface area contributed by atoms with Gasteiger partial charge >= 0.3 is 5.97 Å². The molecule has 0 saturated carbocycles. The van der Waals surface area contributed by atoms with E-state index in [9.17, 15) is 13.2 Å². The summed E-state index contributed by atoms with van der Waals surface area (Å²) in [6, 6.07) is 0. The molecule has 0 aromatic carbocycles. The van der Waals surface area contributed by atoms with Crippen molar-refractivity contribution in [3.8, 4) is 0 Å². The Labute approximate surface area is 92.4 Å². The van der Waals surface area contributed by atoms with Crippen molar-refractivity contribution in [2.24, 2.45) is 0 Å². The summed E-state index contributed by atoms with van der Waals surface area (Å²) >= 11 is 0. The molecule has 7 nitrogen and oxygen atoms in total. The lowest BCUT2D eigenvalue weighted by atomic mass is 10.3. The second-order valence-corrected chi connectivity index (χ2v) is 5.24. The smallest absolute Gasteiger partial charge is 0.342 e. The molecule has 0 bridgehead atoms. The van der Waals surface area contributed by atoms with E-state index in [0.29, 0.717) is 13.1 Å². The molecule has 1 aliphatic rings. The van der Waals surface area contributed by atoms with Crippen LogP contribution >= 0.6 is 0 Å². The summed E-state index contributed by atoms with van der Waals surface area (Å²) in [6.45, 7) is 0.948. The Morgan fingerprint density at radius 1 is 1.56 bits per heavy atom. The minimum atomic E-state index is -3.63. The van der Waals surface area contributed by atoms with E-state index in [0.717, 1.165) is 12.6 Å². The van der Waals surface area contributed by atoms with E-state index in [-0.39, 0.29) is 10.6 Å².